The Balaban J connectivity index is 1.71. The molecule has 1 fully saturated rings. The fourth-order valence-electron chi connectivity index (χ4n) is 2.66. The van der Waals surface area contributed by atoms with Gasteiger partial charge in [-0.25, -0.2) is 0 Å². The van der Waals surface area contributed by atoms with E-state index in [0.29, 0.717) is 13.1 Å². The highest BCUT2D eigenvalue weighted by Gasteiger charge is 2.43. The standard InChI is InChI=1S/C17H17F3N2O/c18-17(19,20)16-12-22(8-9-23-16)11-13-4-3-5-14(10-13)15-6-1-2-7-21-15/h1-7,10,16H,8-9,11-12H2. The van der Waals surface area contributed by atoms with E-state index in [2.05, 4.69) is 4.98 Å². The Morgan fingerprint density at radius 2 is 2.04 bits per heavy atom. The van der Waals surface area contributed by atoms with Crippen LogP contribution in [-0.4, -0.2) is 41.9 Å². The second-order valence-electron chi connectivity index (χ2n) is 5.55. The van der Waals surface area contributed by atoms with Crippen LogP contribution in [-0.2, 0) is 11.3 Å². The average Bonchev–Trinajstić information content (AvgIpc) is 2.55. The van der Waals surface area contributed by atoms with Gasteiger partial charge < -0.3 is 4.74 Å². The molecule has 2 aromatic rings. The molecule has 23 heavy (non-hydrogen) atoms. The Hall–Kier alpha value is -1.92. The van der Waals surface area contributed by atoms with Crippen LogP contribution in [0.4, 0.5) is 13.2 Å². The summed E-state index contributed by atoms with van der Waals surface area (Å²) in [7, 11) is 0. The second kappa shape index (κ2) is 6.68. The maximum absolute atomic E-state index is 12.8. The highest BCUT2D eigenvalue weighted by Crippen LogP contribution is 2.26. The minimum Gasteiger partial charge on any atom is -0.366 e. The van der Waals surface area contributed by atoms with E-state index in [1.165, 1.54) is 0 Å². The minimum atomic E-state index is -4.31. The molecular formula is C17H17F3N2O. The van der Waals surface area contributed by atoms with E-state index >= 15 is 0 Å². The molecule has 3 nitrogen and oxygen atoms in total. The quantitative estimate of drug-likeness (QED) is 0.865. The number of alkyl halides is 3. The molecule has 0 radical (unpaired) electrons. The van der Waals surface area contributed by atoms with Crippen LogP contribution in [0, 0.1) is 0 Å². The van der Waals surface area contributed by atoms with Gasteiger partial charge in [0.05, 0.1) is 12.3 Å². The minimum absolute atomic E-state index is 0.101. The van der Waals surface area contributed by atoms with Gasteiger partial charge in [0, 0.05) is 31.4 Å². The summed E-state index contributed by atoms with van der Waals surface area (Å²) >= 11 is 0. The van der Waals surface area contributed by atoms with E-state index in [4.69, 9.17) is 4.74 Å². The van der Waals surface area contributed by atoms with Crippen LogP contribution in [0.25, 0.3) is 11.3 Å². The van der Waals surface area contributed by atoms with Crippen molar-refractivity contribution >= 4 is 0 Å². The van der Waals surface area contributed by atoms with Crippen molar-refractivity contribution in [2.45, 2.75) is 18.8 Å². The molecule has 1 aliphatic rings. The Labute approximate surface area is 132 Å². The number of ether oxygens (including phenoxy) is 1. The summed E-state index contributed by atoms with van der Waals surface area (Å²) in [5.41, 5.74) is 2.78. The number of morpholine rings is 1. The zero-order valence-corrected chi connectivity index (χ0v) is 12.5. The van der Waals surface area contributed by atoms with Crippen LogP contribution in [0.5, 0.6) is 0 Å². The summed E-state index contributed by atoms with van der Waals surface area (Å²) in [6.45, 7) is 0.943. The molecule has 0 saturated carbocycles. The number of benzene rings is 1. The monoisotopic (exact) mass is 322 g/mol. The van der Waals surface area contributed by atoms with E-state index < -0.39 is 12.3 Å². The van der Waals surface area contributed by atoms with Gasteiger partial charge in [0.1, 0.15) is 0 Å². The van der Waals surface area contributed by atoms with Crippen molar-refractivity contribution in [2.75, 3.05) is 19.7 Å². The molecule has 0 spiro atoms. The Bertz CT molecular complexity index is 646. The molecular weight excluding hydrogens is 305 g/mol. The molecule has 1 atom stereocenters. The lowest BCUT2D eigenvalue weighted by Crippen LogP contribution is -2.48. The fourth-order valence-corrected chi connectivity index (χ4v) is 2.66. The molecule has 1 aromatic carbocycles. The SMILES string of the molecule is FC(F)(F)C1CN(Cc2cccc(-c3ccccn3)c2)CCO1. The maximum atomic E-state index is 12.8. The molecule has 1 aliphatic heterocycles. The van der Waals surface area contributed by atoms with Gasteiger partial charge in [-0.3, -0.25) is 9.88 Å². The van der Waals surface area contributed by atoms with Crippen molar-refractivity contribution in [3.8, 4) is 11.3 Å². The number of nitrogens with zero attached hydrogens (tertiary/aromatic N) is 2. The first-order chi connectivity index (χ1) is 11.0. The van der Waals surface area contributed by atoms with E-state index in [0.717, 1.165) is 16.8 Å². The lowest BCUT2D eigenvalue weighted by molar-refractivity contribution is -0.237. The van der Waals surface area contributed by atoms with Crippen molar-refractivity contribution in [3.05, 3.63) is 54.2 Å². The van der Waals surface area contributed by atoms with E-state index in [-0.39, 0.29) is 13.2 Å². The van der Waals surface area contributed by atoms with E-state index in [1.54, 1.807) is 11.1 Å². The van der Waals surface area contributed by atoms with Gasteiger partial charge in [0.15, 0.2) is 6.10 Å². The summed E-state index contributed by atoms with van der Waals surface area (Å²) in [5.74, 6) is 0. The van der Waals surface area contributed by atoms with Gasteiger partial charge in [0.25, 0.3) is 0 Å². The van der Waals surface area contributed by atoms with Crippen molar-refractivity contribution in [1.29, 1.82) is 0 Å². The third kappa shape index (κ3) is 4.09. The number of pyridine rings is 1. The first kappa shape index (κ1) is 16.0. The molecule has 1 saturated heterocycles. The summed E-state index contributed by atoms with van der Waals surface area (Å²) in [5, 5.41) is 0. The predicted octanol–water partition coefficient (Wildman–Crippen LogP) is 3.51. The summed E-state index contributed by atoms with van der Waals surface area (Å²) in [6.07, 6.45) is -4.29. The zero-order valence-electron chi connectivity index (χ0n) is 12.5. The van der Waals surface area contributed by atoms with Crippen molar-refractivity contribution in [2.24, 2.45) is 0 Å². The second-order valence-corrected chi connectivity index (χ2v) is 5.55. The summed E-state index contributed by atoms with van der Waals surface area (Å²) < 4.78 is 43.2. The number of halogens is 3. The molecule has 2 heterocycles. The van der Waals surface area contributed by atoms with Crippen molar-refractivity contribution < 1.29 is 17.9 Å². The third-order valence-electron chi connectivity index (χ3n) is 3.81. The number of hydrogen-bond donors (Lipinski definition) is 0. The Morgan fingerprint density at radius 1 is 1.17 bits per heavy atom. The highest BCUT2D eigenvalue weighted by molar-refractivity contribution is 5.59. The Kier molecular flexibility index (Phi) is 4.63. The predicted molar refractivity (Wildman–Crippen MR) is 80.7 cm³/mol. The zero-order chi connectivity index (χ0) is 16.3. The van der Waals surface area contributed by atoms with Crippen molar-refractivity contribution in [3.63, 3.8) is 0 Å². The van der Waals surface area contributed by atoms with Crippen LogP contribution in [0.3, 0.4) is 0 Å². The maximum Gasteiger partial charge on any atom is 0.415 e. The summed E-state index contributed by atoms with van der Waals surface area (Å²) in [6, 6.07) is 13.4. The molecule has 0 amide bonds. The average molecular weight is 322 g/mol. The van der Waals surface area contributed by atoms with Crippen LogP contribution in [0.1, 0.15) is 5.56 Å². The molecule has 3 rings (SSSR count). The van der Waals surface area contributed by atoms with Gasteiger partial charge in [-0.05, 0) is 23.8 Å². The molecule has 0 N–H and O–H groups in total. The first-order valence-corrected chi connectivity index (χ1v) is 7.43. The van der Waals surface area contributed by atoms with Crippen LogP contribution in [0.15, 0.2) is 48.7 Å². The number of aromatic nitrogens is 1. The van der Waals surface area contributed by atoms with Crippen molar-refractivity contribution in [1.82, 2.24) is 9.88 Å². The molecule has 0 bridgehead atoms. The number of hydrogen-bond acceptors (Lipinski definition) is 3. The Morgan fingerprint density at radius 3 is 2.78 bits per heavy atom. The van der Waals surface area contributed by atoms with Crippen LogP contribution < -0.4 is 0 Å². The lowest BCUT2D eigenvalue weighted by Gasteiger charge is -2.33. The van der Waals surface area contributed by atoms with Gasteiger partial charge in [-0.2, -0.15) is 13.2 Å². The van der Waals surface area contributed by atoms with Crippen LogP contribution >= 0.6 is 0 Å². The topological polar surface area (TPSA) is 25.4 Å². The number of rotatable bonds is 3. The third-order valence-corrected chi connectivity index (χ3v) is 3.81. The molecule has 122 valence electrons. The van der Waals surface area contributed by atoms with Crippen LogP contribution in [0.2, 0.25) is 0 Å². The fraction of sp³-hybridized carbons (Fsp3) is 0.353. The van der Waals surface area contributed by atoms with Gasteiger partial charge >= 0.3 is 6.18 Å². The molecule has 6 heteroatoms. The highest BCUT2D eigenvalue weighted by atomic mass is 19.4. The smallest absolute Gasteiger partial charge is 0.366 e. The van der Waals surface area contributed by atoms with Gasteiger partial charge in [-0.1, -0.05) is 24.3 Å². The molecule has 1 unspecified atom stereocenters. The summed E-state index contributed by atoms with van der Waals surface area (Å²) in [4.78, 5) is 6.08. The van der Waals surface area contributed by atoms with E-state index in [9.17, 15) is 13.2 Å². The molecule has 0 aliphatic carbocycles. The molecule has 1 aromatic heterocycles. The normalized spacial score (nSPS) is 19.7. The lowest BCUT2D eigenvalue weighted by atomic mass is 10.1. The van der Waals surface area contributed by atoms with Gasteiger partial charge in [0.2, 0.25) is 0 Å². The largest absolute Gasteiger partial charge is 0.415 e. The van der Waals surface area contributed by atoms with E-state index in [1.807, 2.05) is 42.5 Å². The van der Waals surface area contributed by atoms with Gasteiger partial charge in [-0.15, -0.1) is 0 Å². The first-order valence-electron chi connectivity index (χ1n) is 7.43.